The monoisotopic (exact) mass is 268 g/mol. The Morgan fingerprint density at radius 3 is 2.45 bits per heavy atom. The normalized spacial score (nSPS) is 10.1. The minimum atomic E-state index is -0.283. The molecule has 1 aromatic heterocycles. The van der Waals surface area contributed by atoms with E-state index < -0.39 is 0 Å². The van der Waals surface area contributed by atoms with Crippen LogP contribution in [0.2, 0.25) is 0 Å². The summed E-state index contributed by atoms with van der Waals surface area (Å²) in [5, 5.41) is 9.09. The predicted molar refractivity (Wildman–Crippen MR) is 77.4 cm³/mol. The molecule has 1 aromatic carbocycles. The lowest BCUT2D eigenvalue weighted by atomic mass is 10.1. The summed E-state index contributed by atoms with van der Waals surface area (Å²) in [5.41, 5.74) is 2.14. The van der Waals surface area contributed by atoms with Crippen molar-refractivity contribution in [2.24, 2.45) is 0 Å². The fourth-order valence-electron chi connectivity index (χ4n) is 2.21. The van der Waals surface area contributed by atoms with E-state index in [9.17, 15) is 4.79 Å². The van der Waals surface area contributed by atoms with Crippen LogP contribution in [0.5, 0.6) is 5.75 Å². The van der Waals surface area contributed by atoms with Gasteiger partial charge in [-0.3, -0.25) is 9.36 Å². The number of rotatable bonds is 3. The zero-order valence-electron chi connectivity index (χ0n) is 11.8. The molecule has 0 bridgehead atoms. The second-order valence-corrected chi connectivity index (χ2v) is 4.52. The largest absolute Gasteiger partial charge is 0.494 e. The molecule has 102 valence electrons. The minimum Gasteiger partial charge on any atom is -0.494 e. The quantitative estimate of drug-likeness (QED) is 0.860. The highest BCUT2D eigenvalue weighted by Gasteiger charge is 2.11. The molecule has 1 heterocycles. The Balaban J connectivity index is 2.58. The van der Waals surface area contributed by atoms with Crippen LogP contribution in [0, 0.1) is 25.2 Å². The molecule has 2 aromatic rings. The van der Waals surface area contributed by atoms with E-state index in [-0.39, 0.29) is 11.1 Å². The average molecular weight is 268 g/mol. The van der Waals surface area contributed by atoms with E-state index in [1.54, 1.807) is 11.5 Å². The number of aromatic nitrogens is 1. The first-order chi connectivity index (χ1) is 9.58. The number of benzene rings is 1. The molecule has 4 nitrogen and oxygen atoms in total. The van der Waals surface area contributed by atoms with Crippen LogP contribution in [-0.2, 0) is 0 Å². The van der Waals surface area contributed by atoms with Gasteiger partial charge in [-0.05, 0) is 56.7 Å². The van der Waals surface area contributed by atoms with Gasteiger partial charge in [0.25, 0.3) is 5.56 Å². The summed E-state index contributed by atoms with van der Waals surface area (Å²) >= 11 is 0. The Bertz CT molecular complexity index is 722. The molecular formula is C16H16N2O2. The summed E-state index contributed by atoms with van der Waals surface area (Å²) in [6, 6.07) is 11.1. The number of nitrogens with zero attached hydrogens (tertiary/aromatic N) is 2. The van der Waals surface area contributed by atoms with Gasteiger partial charge in [-0.1, -0.05) is 0 Å². The molecular weight excluding hydrogens is 252 g/mol. The van der Waals surface area contributed by atoms with E-state index >= 15 is 0 Å². The Kier molecular flexibility index (Phi) is 3.90. The highest BCUT2D eigenvalue weighted by atomic mass is 16.5. The van der Waals surface area contributed by atoms with Crippen LogP contribution in [0.25, 0.3) is 5.69 Å². The van der Waals surface area contributed by atoms with Crippen LogP contribution in [0.3, 0.4) is 0 Å². The fraction of sp³-hybridized carbons (Fsp3) is 0.250. The van der Waals surface area contributed by atoms with Crippen molar-refractivity contribution in [2.45, 2.75) is 20.8 Å². The van der Waals surface area contributed by atoms with Gasteiger partial charge in [0.1, 0.15) is 17.4 Å². The fourth-order valence-corrected chi connectivity index (χ4v) is 2.21. The van der Waals surface area contributed by atoms with Gasteiger partial charge in [0.15, 0.2) is 0 Å². The molecule has 4 heteroatoms. The summed E-state index contributed by atoms with van der Waals surface area (Å²) in [6.07, 6.45) is 0. The van der Waals surface area contributed by atoms with Crippen molar-refractivity contribution < 1.29 is 4.74 Å². The zero-order valence-corrected chi connectivity index (χ0v) is 11.8. The first-order valence-corrected chi connectivity index (χ1v) is 6.45. The predicted octanol–water partition coefficient (Wildman–Crippen LogP) is 2.72. The highest BCUT2D eigenvalue weighted by Crippen LogP contribution is 2.16. The molecule has 0 atom stereocenters. The van der Waals surface area contributed by atoms with Crippen LogP contribution in [-0.4, -0.2) is 11.2 Å². The summed E-state index contributed by atoms with van der Waals surface area (Å²) in [7, 11) is 0. The third kappa shape index (κ3) is 2.43. The van der Waals surface area contributed by atoms with Gasteiger partial charge < -0.3 is 4.74 Å². The number of nitriles is 1. The van der Waals surface area contributed by atoms with Crippen molar-refractivity contribution in [3.05, 3.63) is 57.5 Å². The lowest BCUT2D eigenvalue weighted by Gasteiger charge is -2.12. The Morgan fingerprint density at radius 1 is 1.25 bits per heavy atom. The highest BCUT2D eigenvalue weighted by molar-refractivity contribution is 5.44. The van der Waals surface area contributed by atoms with Crippen molar-refractivity contribution in [2.75, 3.05) is 6.61 Å². The van der Waals surface area contributed by atoms with Crippen molar-refractivity contribution >= 4 is 0 Å². The molecule has 0 N–H and O–H groups in total. The third-order valence-corrected chi connectivity index (χ3v) is 3.11. The first kappa shape index (κ1) is 13.9. The Hall–Kier alpha value is -2.54. The van der Waals surface area contributed by atoms with E-state index in [0.717, 1.165) is 17.1 Å². The average Bonchev–Trinajstić information content (AvgIpc) is 2.41. The number of hydrogen-bond donors (Lipinski definition) is 0. The maximum absolute atomic E-state index is 12.4. The van der Waals surface area contributed by atoms with E-state index in [1.165, 1.54) is 0 Å². The molecule has 2 rings (SSSR count). The summed E-state index contributed by atoms with van der Waals surface area (Å²) in [4.78, 5) is 12.4. The molecule has 0 saturated heterocycles. The number of aryl methyl sites for hydroxylation is 2. The lowest BCUT2D eigenvalue weighted by Crippen LogP contribution is -2.24. The van der Waals surface area contributed by atoms with E-state index in [0.29, 0.717) is 12.2 Å². The van der Waals surface area contributed by atoms with E-state index in [2.05, 4.69) is 0 Å². The van der Waals surface area contributed by atoms with Gasteiger partial charge in [-0.25, -0.2) is 0 Å². The maximum Gasteiger partial charge on any atom is 0.273 e. The topological polar surface area (TPSA) is 55.0 Å². The summed E-state index contributed by atoms with van der Waals surface area (Å²) in [5.74, 6) is 0.759. The minimum absolute atomic E-state index is 0.185. The molecule has 0 aliphatic rings. The standard InChI is InChI=1S/C16H16N2O2/c1-4-20-14-7-5-13(6-8-14)18-12(3)9-11(2)15(10-17)16(18)19/h5-9H,4H2,1-3H3. The van der Waals surface area contributed by atoms with E-state index in [1.807, 2.05) is 50.2 Å². The SMILES string of the molecule is CCOc1ccc(-n2c(C)cc(C)c(C#N)c2=O)cc1. The van der Waals surface area contributed by atoms with E-state index in [4.69, 9.17) is 10.00 Å². The van der Waals surface area contributed by atoms with Crippen LogP contribution in [0.4, 0.5) is 0 Å². The molecule has 0 fully saturated rings. The number of pyridine rings is 1. The Labute approximate surface area is 117 Å². The van der Waals surface area contributed by atoms with Crippen molar-refractivity contribution in [1.29, 1.82) is 5.26 Å². The van der Waals surface area contributed by atoms with Crippen molar-refractivity contribution in [1.82, 2.24) is 4.57 Å². The Morgan fingerprint density at radius 2 is 1.90 bits per heavy atom. The number of hydrogen-bond acceptors (Lipinski definition) is 3. The van der Waals surface area contributed by atoms with Crippen molar-refractivity contribution in [3.63, 3.8) is 0 Å². The zero-order chi connectivity index (χ0) is 14.7. The molecule has 0 amide bonds. The van der Waals surface area contributed by atoms with Crippen LogP contribution < -0.4 is 10.3 Å². The van der Waals surface area contributed by atoms with Crippen molar-refractivity contribution in [3.8, 4) is 17.5 Å². The summed E-state index contributed by atoms with van der Waals surface area (Å²) in [6.45, 7) is 6.14. The van der Waals surface area contributed by atoms with Gasteiger partial charge >= 0.3 is 0 Å². The van der Waals surface area contributed by atoms with Crippen LogP contribution >= 0.6 is 0 Å². The number of ether oxygens (including phenoxy) is 1. The smallest absolute Gasteiger partial charge is 0.273 e. The second kappa shape index (κ2) is 5.62. The van der Waals surface area contributed by atoms with Gasteiger partial charge in [0.2, 0.25) is 0 Å². The van der Waals surface area contributed by atoms with Crippen LogP contribution in [0.15, 0.2) is 35.1 Å². The maximum atomic E-state index is 12.4. The van der Waals surface area contributed by atoms with Gasteiger partial charge in [-0.15, -0.1) is 0 Å². The van der Waals surface area contributed by atoms with Gasteiger partial charge in [-0.2, -0.15) is 5.26 Å². The summed E-state index contributed by atoms with van der Waals surface area (Å²) < 4.78 is 6.92. The second-order valence-electron chi connectivity index (χ2n) is 4.52. The molecule has 0 spiro atoms. The third-order valence-electron chi connectivity index (χ3n) is 3.11. The van der Waals surface area contributed by atoms with Crippen LogP contribution in [0.1, 0.15) is 23.7 Å². The lowest BCUT2D eigenvalue weighted by molar-refractivity contribution is 0.340. The molecule has 0 radical (unpaired) electrons. The molecule has 20 heavy (non-hydrogen) atoms. The molecule has 0 aliphatic heterocycles. The van der Waals surface area contributed by atoms with Gasteiger partial charge in [0.05, 0.1) is 6.61 Å². The molecule has 0 aliphatic carbocycles. The molecule has 0 unspecified atom stereocenters. The first-order valence-electron chi connectivity index (χ1n) is 6.45. The van der Waals surface area contributed by atoms with Gasteiger partial charge in [0, 0.05) is 11.4 Å². The molecule has 0 saturated carbocycles.